The van der Waals surface area contributed by atoms with Gasteiger partial charge in [-0.25, -0.2) is 9.13 Å². The van der Waals surface area contributed by atoms with E-state index in [0.717, 1.165) is 95.8 Å². The molecule has 0 bridgehead atoms. The van der Waals surface area contributed by atoms with Crippen molar-refractivity contribution in [3.63, 3.8) is 0 Å². The Kier molecular flexibility index (Phi) is 76.3. The molecule has 5 atom stereocenters. The van der Waals surface area contributed by atoms with Crippen molar-refractivity contribution < 1.29 is 80.2 Å². The van der Waals surface area contributed by atoms with Crippen molar-refractivity contribution >= 4 is 39.5 Å². The molecule has 2 unspecified atom stereocenters. The number of carbonyl (C=O) groups excluding carboxylic acids is 4. The van der Waals surface area contributed by atoms with E-state index in [9.17, 15) is 43.2 Å². The van der Waals surface area contributed by atoms with Gasteiger partial charge in [-0.2, -0.15) is 0 Å². The molecule has 0 aromatic carbocycles. The fraction of sp³-hybridized carbons (Fsp3) is 0.953. The number of unbranched alkanes of at least 4 members (excludes halogenated alkanes) is 57. The molecule has 0 aliphatic heterocycles. The number of hydrogen-bond donors (Lipinski definition) is 3. The van der Waals surface area contributed by atoms with E-state index >= 15 is 0 Å². The van der Waals surface area contributed by atoms with Crippen LogP contribution >= 0.6 is 15.6 Å². The molecule has 0 aliphatic rings. The third-order valence-corrected chi connectivity index (χ3v) is 21.9. The number of phosphoric acid groups is 2. The van der Waals surface area contributed by atoms with Gasteiger partial charge in [0, 0.05) is 25.7 Å². The minimum atomic E-state index is -4.96. The van der Waals surface area contributed by atoms with Crippen LogP contribution in [0.2, 0.25) is 0 Å². The van der Waals surface area contributed by atoms with Crippen molar-refractivity contribution in [2.24, 2.45) is 5.92 Å². The second-order valence-electron chi connectivity index (χ2n) is 31.1. The summed E-state index contributed by atoms with van der Waals surface area (Å²) < 4.78 is 68.8. The Morgan fingerprint density at radius 2 is 0.442 bits per heavy atom. The maximum absolute atomic E-state index is 13.1. The van der Waals surface area contributed by atoms with Crippen molar-refractivity contribution in [1.29, 1.82) is 0 Å². The van der Waals surface area contributed by atoms with Gasteiger partial charge in [0.25, 0.3) is 0 Å². The van der Waals surface area contributed by atoms with Crippen LogP contribution in [0.3, 0.4) is 0 Å². The Labute approximate surface area is 638 Å². The van der Waals surface area contributed by atoms with Gasteiger partial charge >= 0.3 is 39.5 Å². The number of esters is 4. The van der Waals surface area contributed by atoms with Crippen LogP contribution in [0.25, 0.3) is 0 Å². The first-order chi connectivity index (χ1) is 50.5. The summed E-state index contributed by atoms with van der Waals surface area (Å²) in [5.74, 6) is -1.28. The summed E-state index contributed by atoms with van der Waals surface area (Å²) in [4.78, 5) is 73.1. The zero-order chi connectivity index (χ0) is 76.2. The van der Waals surface area contributed by atoms with Crippen LogP contribution in [-0.4, -0.2) is 96.7 Å². The first kappa shape index (κ1) is 102. The van der Waals surface area contributed by atoms with Gasteiger partial charge in [-0.3, -0.25) is 37.3 Å². The van der Waals surface area contributed by atoms with Gasteiger partial charge in [0.05, 0.1) is 26.4 Å². The lowest BCUT2D eigenvalue weighted by Gasteiger charge is -2.21. The van der Waals surface area contributed by atoms with E-state index < -0.39 is 97.5 Å². The van der Waals surface area contributed by atoms with E-state index in [-0.39, 0.29) is 25.7 Å². The normalized spacial score (nSPS) is 13.8. The standard InChI is InChI=1S/C85H166O17P2/c1-6-9-12-15-18-21-23-25-27-28-29-30-34-38-41-45-49-54-59-64-69-83(88)96-75-81(102-85(90)71-66-61-56-51-47-43-39-35-32-31-33-37-40-44-48-52-57-62-67-78(4)5)77-100-104(93,94)98-73-79(86)72-97-103(91,92)99-76-80(74-95-82(87)68-63-58-53-20-17-14-11-8-3)101-84(89)70-65-60-55-50-46-42-36-26-24-22-19-16-13-10-7-2/h78-81,86H,6-77H2,1-5H3,(H,91,92)(H,93,94)/t79-,80+,81+/m0/s1. The Bertz CT molecular complexity index is 1980. The SMILES string of the molecule is CCCCCCCCCCCCCCCCCCCCCCC(=O)OC[C@H](COP(=O)(O)OC[C@@H](O)COP(=O)(O)OC[C@@H](COC(=O)CCCCCCCCCC)OC(=O)CCCCCCCCCCCCCCCCC)OC(=O)CCCCCCCCCCCCCCCCCCCCC(C)C. The number of ether oxygens (including phenoxy) is 4. The number of phosphoric ester groups is 2. The lowest BCUT2D eigenvalue weighted by Crippen LogP contribution is -2.30. The van der Waals surface area contributed by atoms with Crippen LogP contribution in [0, 0.1) is 5.92 Å². The summed E-state index contributed by atoms with van der Waals surface area (Å²) in [6.45, 7) is 7.37. The Hall–Kier alpha value is -1.94. The van der Waals surface area contributed by atoms with Crippen LogP contribution in [0.4, 0.5) is 0 Å². The average molecular weight is 1520 g/mol. The highest BCUT2D eigenvalue weighted by molar-refractivity contribution is 7.47. The van der Waals surface area contributed by atoms with E-state index in [1.54, 1.807) is 0 Å². The van der Waals surface area contributed by atoms with E-state index in [1.807, 2.05) is 0 Å². The molecule has 0 fully saturated rings. The summed E-state index contributed by atoms with van der Waals surface area (Å²) >= 11 is 0. The van der Waals surface area contributed by atoms with E-state index in [4.69, 9.17) is 37.0 Å². The van der Waals surface area contributed by atoms with Crippen molar-refractivity contribution in [3.8, 4) is 0 Å². The first-order valence-corrected chi connectivity index (χ1v) is 47.1. The van der Waals surface area contributed by atoms with Gasteiger partial charge in [0.2, 0.25) is 0 Å². The molecule has 3 N–H and O–H groups in total. The van der Waals surface area contributed by atoms with Crippen LogP contribution in [0.15, 0.2) is 0 Å². The fourth-order valence-corrected chi connectivity index (χ4v) is 14.9. The maximum atomic E-state index is 13.1. The van der Waals surface area contributed by atoms with Crippen molar-refractivity contribution in [1.82, 2.24) is 0 Å². The van der Waals surface area contributed by atoms with E-state index in [0.29, 0.717) is 25.7 Å². The quantitative estimate of drug-likeness (QED) is 0.0222. The third-order valence-electron chi connectivity index (χ3n) is 20.0. The third kappa shape index (κ3) is 78.2. The Morgan fingerprint density at radius 3 is 0.654 bits per heavy atom. The predicted octanol–water partition coefficient (Wildman–Crippen LogP) is 26.0. The van der Waals surface area contributed by atoms with Gasteiger partial charge in [-0.15, -0.1) is 0 Å². The van der Waals surface area contributed by atoms with Gasteiger partial charge in [-0.1, -0.05) is 407 Å². The molecule has 19 heteroatoms. The summed E-state index contributed by atoms with van der Waals surface area (Å²) in [5, 5.41) is 10.7. The highest BCUT2D eigenvalue weighted by atomic mass is 31.2. The number of aliphatic hydroxyl groups is 1. The molecule has 0 spiro atoms. The lowest BCUT2D eigenvalue weighted by atomic mass is 10.0. The van der Waals surface area contributed by atoms with Crippen molar-refractivity contribution in [2.45, 2.75) is 477 Å². The van der Waals surface area contributed by atoms with Crippen LogP contribution in [-0.2, 0) is 65.4 Å². The van der Waals surface area contributed by atoms with E-state index in [2.05, 4.69) is 34.6 Å². The van der Waals surface area contributed by atoms with E-state index in [1.165, 1.54) is 283 Å². The van der Waals surface area contributed by atoms with Gasteiger partial charge < -0.3 is 33.8 Å². The number of carbonyl (C=O) groups is 4. The van der Waals surface area contributed by atoms with Gasteiger partial charge in [0.15, 0.2) is 12.2 Å². The van der Waals surface area contributed by atoms with Crippen molar-refractivity contribution in [2.75, 3.05) is 39.6 Å². The molecular weight excluding hydrogens is 1350 g/mol. The monoisotopic (exact) mass is 1520 g/mol. The van der Waals surface area contributed by atoms with Gasteiger partial charge in [0.1, 0.15) is 19.3 Å². The number of rotatable bonds is 85. The predicted molar refractivity (Wildman–Crippen MR) is 428 cm³/mol. The Balaban J connectivity index is 5.18. The molecule has 0 aromatic rings. The fourth-order valence-electron chi connectivity index (χ4n) is 13.3. The molecule has 0 aliphatic carbocycles. The second-order valence-corrected chi connectivity index (χ2v) is 34.0. The Morgan fingerprint density at radius 1 is 0.260 bits per heavy atom. The number of aliphatic hydroxyl groups excluding tert-OH is 1. The first-order valence-electron chi connectivity index (χ1n) is 44.1. The summed E-state index contributed by atoms with van der Waals surface area (Å²) in [7, 11) is -9.92. The highest BCUT2D eigenvalue weighted by Crippen LogP contribution is 2.45. The zero-order valence-electron chi connectivity index (χ0n) is 68.2. The van der Waals surface area contributed by atoms with Crippen LogP contribution in [0.1, 0.15) is 458 Å². The molecule has 104 heavy (non-hydrogen) atoms. The van der Waals surface area contributed by atoms with Crippen LogP contribution in [0.5, 0.6) is 0 Å². The molecule has 17 nitrogen and oxygen atoms in total. The molecule has 0 aromatic heterocycles. The maximum Gasteiger partial charge on any atom is 0.472 e. The largest absolute Gasteiger partial charge is 0.472 e. The van der Waals surface area contributed by atoms with Crippen LogP contribution < -0.4 is 0 Å². The molecule has 0 radical (unpaired) electrons. The highest BCUT2D eigenvalue weighted by Gasteiger charge is 2.30. The minimum Gasteiger partial charge on any atom is -0.462 e. The summed E-state index contributed by atoms with van der Waals surface area (Å²) in [6, 6.07) is 0. The van der Waals surface area contributed by atoms with Gasteiger partial charge in [-0.05, 0) is 31.6 Å². The zero-order valence-corrected chi connectivity index (χ0v) is 70.0. The molecule has 0 saturated heterocycles. The average Bonchev–Trinajstić information content (AvgIpc) is 1.95. The lowest BCUT2D eigenvalue weighted by molar-refractivity contribution is -0.161. The molecular formula is C85H166O17P2. The molecule has 0 heterocycles. The molecule has 0 amide bonds. The van der Waals surface area contributed by atoms with Crippen molar-refractivity contribution in [3.05, 3.63) is 0 Å². The summed E-state index contributed by atoms with van der Waals surface area (Å²) in [5.41, 5.74) is 0. The number of hydrogen-bond acceptors (Lipinski definition) is 15. The minimum absolute atomic E-state index is 0.108. The second kappa shape index (κ2) is 77.8. The molecule has 618 valence electrons. The molecule has 0 saturated carbocycles. The molecule has 0 rings (SSSR count). The topological polar surface area (TPSA) is 237 Å². The smallest absolute Gasteiger partial charge is 0.462 e. The summed E-state index contributed by atoms with van der Waals surface area (Å²) in [6.07, 6.45) is 71.0.